The zero-order chi connectivity index (χ0) is 22.4. The van der Waals surface area contributed by atoms with Crippen LogP contribution in [0.15, 0.2) is 58.2 Å². The predicted octanol–water partition coefficient (Wildman–Crippen LogP) is 5.10. The number of amides is 1. The van der Waals surface area contributed by atoms with Crippen LogP contribution in [0.1, 0.15) is 5.56 Å². The molecule has 0 fully saturated rings. The van der Waals surface area contributed by atoms with Crippen LogP contribution in [0.25, 0.3) is 11.4 Å². The van der Waals surface area contributed by atoms with E-state index in [1.807, 2.05) is 34.9 Å². The molecule has 0 unspecified atom stereocenters. The number of methoxy groups -OCH3 is 1. The van der Waals surface area contributed by atoms with Gasteiger partial charge in [-0.25, -0.2) is 0 Å². The second-order valence-corrected chi connectivity index (χ2v) is 8.20. The molecule has 0 radical (unpaired) electrons. The normalized spacial score (nSPS) is 11.5. The molecule has 3 aromatic rings. The third kappa shape index (κ3) is 6.08. The second kappa shape index (κ2) is 10.3. The lowest BCUT2D eigenvalue weighted by Crippen LogP contribution is -2.18. The van der Waals surface area contributed by atoms with Gasteiger partial charge in [-0.1, -0.05) is 58.0 Å². The van der Waals surface area contributed by atoms with Crippen molar-refractivity contribution in [1.82, 2.24) is 14.8 Å². The zero-order valence-electron chi connectivity index (χ0n) is 16.3. The van der Waals surface area contributed by atoms with Gasteiger partial charge >= 0.3 is 6.18 Å². The quantitative estimate of drug-likeness (QED) is 0.423. The molecule has 0 spiro atoms. The fourth-order valence-electron chi connectivity index (χ4n) is 2.76. The Kier molecular flexibility index (Phi) is 7.74. The molecule has 2 aromatic carbocycles. The lowest BCUT2D eigenvalue weighted by Gasteiger charge is -2.14. The van der Waals surface area contributed by atoms with Crippen LogP contribution < -0.4 is 5.32 Å². The van der Waals surface area contributed by atoms with E-state index in [1.165, 1.54) is 12.1 Å². The SMILES string of the molecule is COCCn1c(SCC(=O)Nc2ccc(Br)cc2C(F)(F)F)nnc1-c1ccccc1. The standard InChI is InChI=1S/C20H18BrF3N4O2S/c1-30-10-9-28-18(13-5-3-2-4-6-13)26-27-19(28)31-12-17(29)25-16-8-7-14(21)11-15(16)20(22,23)24/h2-8,11H,9-10,12H2,1H3,(H,25,29). The van der Waals surface area contributed by atoms with Gasteiger partial charge in [-0.15, -0.1) is 10.2 Å². The van der Waals surface area contributed by atoms with E-state index in [1.54, 1.807) is 7.11 Å². The summed E-state index contributed by atoms with van der Waals surface area (Å²) in [5.41, 5.74) is -0.367. The first-order valence-electron chi connectivity index (χ1n) is 9.06. The lowest BCUT2D eigenvalue weighted by atomic mass is 10.1. The Bertz CT molecular complexity index is 1040. The van der Waals surface area contributed by atoms with Gasteiger partial charge in [-0.05, 0) is 18.2 Å². The number of thioether (sulfide) groups is 1. The first-order valence-corrected chi connectivity index (χ1v) is 10.8. The molecule has 6 nitrogen and oxygen atoms in total. The van der Waals surface area contributed by atoms with E-state index in [0.717, 1.165) is 23.4 Å². The van der Waals surface area contributed by atoms with E-state index < -0.39 is 17.6 Å². The molecule has 0 saturated carbocycles. The molecule has 0 aliphatic heterocycles. The number of benzene rings is 2. The second-order valence-electron chi connectivity index (χ2n) is 6.34. The summed E-state index contributed by atoms with van der Waals surface area (Å²) < 4.78 is 47.0. The van der Waals surface area contributed by atoms with E-state index in [0.29, 0.717) is 24.1 Å². The number of hydrogen-bond donors (Lipinski definition) is 1. The van der Waals surface area contributed by atoms with Crippen LogP contribution in [-0.4, -0.2) is 40.1 Å². The van der Waals surface area contributed by atoms with Gasteiger partial charge in [0.1, 0.15) is 0 Å². The highest BCUT2D eigenvalue weighted by atomic mass is 79.9. The van der Waals surface area contributed by atoms with Gasteiger partial charge in [0.2, 0.25) is 5.91 Å². The number of carbonyl (C=O) groups excluding carboxylic acids is 1. The van der Waals surface area contributed by atoms with Crippen molar-refractivity contribution < 1.29 is 22.7 Å². The summed E-state index contributed by atoms with van der Waals surface area (Å²) >= 11 is 4.11. The third-order valence-corrected chi connectivity index (χ3v) is 5.62. The molecule has 164 valence electrons. The summed E-state index contributed by atoms with van der Waals surface area (Å²) in [6.45, 7) is 0.869. The van der Waals surface area contributed by atoms with Crippen LogP contribution in [0.2, 0.25) is 0 Å². The smallest absolute Gasteiger partial charge is 0.383 e. The molecule has 1 N–H and O–H groups in total. The van der Waals surface area contributed by atoms with Crippen LogP contribution in [0.4, 0.5) is 18.9 Å². The third-order valence-electron chi connectivity index (χ3n) is 4.16. The molecule has 0 bridgehead atoms. The molecular weight excluding hydrogens is 497 g/mol. The Hall–Kier alpha value is -2.37. The average Bonchev–Trinajstić information content (AvgIpc) is 3.14. The minimum absolute atomic E-state index is 0.132. The van der Waals surface area contributed by atoms with Crippen molar-refractivity contribution in [1.29, 1.82) is 0 Å². The number of anilines is 1. The minimum atomic E-state index is -4.59. The summed E-state index contributed by atoms with van der Waals surface area (Å²) in [6, 6.07) is 13.0. The van der Waals surface area contributed by atoms with Crippen molar-refractivity contribution >= 4 is 39.3 Å². The predicted molar refractivity (Wildman–Crippen MR) is 116 cm³/mol. The van der Waals surface area contributed by atoms with Gasteiger partial charge in [0.05, 0.1) is 30.2 Å². The maximum absolute atomic E-state index is 13.3. The molecule has 0 aliphatic rings. The molecule has 31 heavy (non-hydrogen) atoms. The minimum Gasteiger partial charge on any atom is -0.383 e. The van der Waals surface area contributed by atoms with E-state index in [4.69, 9.17) is 4.74 Å². The van der Waals surface area contributed by atoms with Crippen LogP contribution in [0, 0.1) is 0 Å². The van der Waals surface area contributed by atoms with E-state index in [9.17, 15) is 18.0 Å². The lowest BCUT2D eigenvalue weighted by molar-refractivity contribution is -0.137. The van der Waals surface area contributed by atoms with Gasteiger partial charge in [-0.3, -0.25) is 9.36 Å². The molecule has 1 aromatic heterocycles. The number of hydrogen-bond acceptors (Lipinski definition) is 5. The highest BCUT2D eigenvalue weighted by Crippen LogP contribution is 2.36. The van der Waals surface area contributed by atoms with Gasteiger partial charge in [0.25, 0.3) is 0 Å². The molecule has 0 aliphatic carbocycles. The zero-order valence-corrected chi connectivity index (χ0v) is 18.7. The Balaban J connectivity index is 1.74. The first kappa shape index (κ1) is 23.3. The Morgan fingerprint density at radius 2 is 1.94 bits per heavy atom. The van der Waals surface area contributed by atoms with Gasteiger partial charge in [0.15, 0.2) is 11.0 Å². The summed E-state index contributed by atoms with van der Waals surface area (Å²) in [5.74, 6) is -0.0963. The fourth-order valence-corrected chi connectivity index (χ4v) is 3.88. The van der Waals surface area contributed by atoms with Crippen molar-refractivity contribution in [2.75, 3.05) is 24.8 Å². The highest BCUT2D eigenvalue weighted by Gasteiger charge is 2.34. The molecule has 1 heterocycles. The Morgan fingerprint density at radius 1 is 1.19 bits per heavy atom. The van der Waals surface area contributed by atoms with Crippen molar-refractivity contribution in [2.45, 2.75) is 17.9 Å². The number of rotatable bonds is 8. The topological polar surface area (TPSA) is 69.0 Å². The molecular formula is C20H18BrF3N4O2S. The number of halogens is 4. The molecule has 1 amide bonds. The van der Waals surface area contributed by atoms with E-state index in [-0.39, 0.29) is 15.9 Å². The summed E-state index contributed by atoms with van der Waals surface area (Å²) in [7, 11) is 1.57. The van der Waals surface area contributed by atoms with Gasteiger partial charge < -0.3 is 10.1 Å². The van der Waals surface area contributed by atoms with Crippen molar-refractivity contribution in [2.24, 2.45) is 0 Å². The van der Waals surface area contributed by atoms with Crippen molar-refractivity contribution in [3.8, 4) is 11.4 Å². The van der Waals surface area contributed by atoms with Crippen molar-refractivity contribution in [3.63, 3.8) is 0 Å². The monoisotopic (exact) mass is 514 g/mol. The number of nitrogens with one attached hydrogen (secondary N) is 1. The maximum atomic E-state index is 13.3. The summed E-state index contributed by atoms with van der Waals surface area (Å²) in [6.07, 6.45) is -4.59. The fraction of sp³-hybridized carbons (Fsp3) is 0.250. The van der Waals surface area contributed by atoms with Crippen LogP contribution in [0.5, 0.6) is 0 Å². The Morgan fingerprint density at radius 3 is 2.61 bits per heavy atom. The van der Waals surface area contributed by atoms with Crippen molar-refractivity contribution in [3.05, 3.63) is 58.6 Å². The van der Waals surface area contributed by atoms with Crippen LogP contribution in [0.3, 0.4) is 0 Å². The molecule has 11 heteroatoms. The molecule has 3 rings (SSSR count). The number of nitrogens with zero attached hydrogens (tertiary/aromatic N) is 3. The average molecular weight is 515 g/mol. The van der Waals surface area contributed by atoms with E-state index in [2.05, 4.69) is 31.4 Å². The summed E-state index contributed by atoms with van der Waals surface area (Å²) in [4.78, 5) is 12.4. The Labute approximate surface area is 189 Å². The van der Waals surface area contributed by atoms with Gasteiger partial charge in [0, 0.05) is 17.1 Å². The number of alkyl halides is 3. The van der Waals surface area contributed by atoms with Crippen LogP contribution in [-0.2, 0) is 22.3 Å². The van der Waals surface area contributed by atoms with Gasteiger partial charge in [-0.2, -0.15) is 13.2 Å². The maximum Gasteiger partial charge on any atom is 0.418 e. The van der Waals surface area contributed by atoms with E-state index >= 15 is 0 Å². The number of carbonyl (C=O) groups is 1. The summed E-state index contributed by atoms with van der Waals surface area (Å²) in [5, 5.41) is 11.2. The highest BCUT2D eigenvalue weighted by molar-refractivity contribution is 9.10. The number of aromatic nitrogens is 3. The molecule has 0 saturated heterocycles. The molecule has 0 atom stereocenters. The first-order chi connectivity index (χ1) is 14.8. The van der Waals surface area contributed by atoms with Crippen LogP contribution >= 0.6 is 27.7 Å². The largest absolute Gasteiger partial charge is 0.418 e. The number of ether oxygens (including phenoxy) is 1.